The Morgan fingerprint density at radius 2 is 1.95 bits per heavy atom. The molecule has 0 spiro atoms. The standard InChI is InChI=1S/C15H14ClN3/c1-2-19-14(12-7-5-11(10-16)6-8-12)18-13-4-3-9-17-15(13)19/h3-9H,2,10H2,1H3. The number of fused-ring (bicyclic) bond motifs is 1. The normalized spacial score (nSPS) is 11.1. The zero-order valence-electron chi connectivity index (χ0n) is 10.7. The van der Waals surface area contributed by atoms with Crippen LogP contribution in [0.25, 0.3) is 22.6 Å². The van der Waals surface area contributed by atoms with Gasteiger partial charge in [-0.3, -0.25) is 0 Å². The highest BCUT2D eigenvalue weighted by Crippen LogP contribution is 2.24. The molecule has 0 aliphatic rings. The number of halogens is 1. The van der Waals surface area contributed by atoms with E-state index in [4.69, 9.17) is 11.6 Å². The number of aromatic nitrogens is 3. The highest BCUT2D eigenvalue weighted by Gasteiger charge is 2.11. The summed E-state index contributed by atoms with van der Waals surface area (Å²) in [6, 6.07) is 12.1. The first-order chi connectivity index (χ1) is 9.33. The number of hydrogen-bond acceptors (Lipinski definition) is 2. The number of rotatable bonds is 3. The molecule has 2 aromatic heterocycles. The number of nitrogens with zero attached hydrogens (tertiary/aromatic N) is 3. The molecule has 19 heavy (non-hydrogen) atoms. The van der Waals surface area contributed by atoms with E-state index in [1.807, 2.05) is 24.3 Å². The largest absolute Gasteiger partial charge is 0.309 e. The van der Waals surface area contributed by atoms with Crippen molar-refractivity contribution in [2.24, 2.45) is 0 Å². The third-order valence-electron chi connectivity index (χ3n) is 3.19. The molecule has 0 N–H and O–H groups in total. The quantitative estimate of drug-likeness (QED) is 0.677. The molecule has 0 amide bonds. The lowest BCUT2D eigenvalue weighted by molar-refractivity contribution is 0.787. The van der Waals surface area contributed by atoms with E-state index in [1.165, 1.54) is 0 Å². The summed E-state index contributed by atoms with van der Waals surface area (Å²) < 4.78 is 2.13. The smallest absolute Gasteiger partial charge is 0.160 e. The van der Waals surface area contributed by atoms with Crippen molar-refractivity contribution in [3.63, 3.8) is 0 Å². The summed E-state index contributed by atoms with van der Waals surface area (Å²) in [5.41, 5.74) is 4.07. The number of hydrogen-bond donors (Lipinski definition) is 0. The van der Waals surface area contributed by atoms with Crippen LogP contribution in [0.3, 0.4) is 0 Å². The molecule has 0 aliphatic carbocycles. The molecule has 0 aliphatic heterocycles. The van der Waals surface area contributed by atoms with Gasteiger partial charge in [0, 0.05) is 24.2 Å². The van der Waals surface area contributed by atoms with Crippen LogP contribution in [0.2, 0.25) is 0 Å². The Kier molecular flexibility index (Phi) is 3.22. The molecule has 0 atom stereocenters. The Morgan fingerprint density at radius 3 is 2.63 bits per heavy atom. The van der Waals surface area contributed by atoms with Crippen molar-refractivity contribution in [1.82, 2.24) is 14.5 Å². The molecule has 96 valence electrons. The van der Waals surface area contributed by atoms with E-state index in [-0.39, 0.29) is 0 Å². The van der Waals surface area contributed by atoms with Crippen LogP contribution in [0.1, 0.15) is 12.5 Å². The molecule has 2 heterocycles. The minimum atomic E-state index is 0.534. The third-order valence-corrected chi connectivity index (χ3v) is 3.50. The van der Waals surface area contributed by atoms with Gasteiger partial charge in [-0.05, 0) is 24.6 Å². The van der Waals surface area contributed by atoms with Gasteiger partial charge in [0.2, 0.25) is 0 Å². The second-order valence-corrected chi connectivity index (χ2v) is 4.62. The lowest BCUT2D eigenvalue weighted by Gasteiger charge is -2.05. The Balaban J connectivity index is 2.17. The molecule has 0 bridgehead atoms. The SMILES string of the molecule is CCn1c(-c2ccc(CCl)cc2)nc2cccnc21. The predicted octanol–water partition coefficient (Wildman–Crippen LogP) is 3.86. The Morgan fingerprint density at radius 1 is 1.16 bits per heavy atom. The van der Waals surface area contributed by atoms with Crippen LogP contribution < -0.4 is 0 Å². The molecule has 0 unspecified atom stereocenters. The molecule has 0 fully saturated rings. The molecule has 4 heteroatoms. The van der Waals surface area contributed by atoms with E-state index in [0.717, 1.165) is 34.7 Å². The summed E-state index contributed by atoms with van der Waals surface area (Å²) in [4.78, 5) is 9.09. The molecule has 0 saturated heterocycles. The molecule has 0 radical (unpaired) electrons. The van der Waals surface area contributed by atoms with Gasteiger partial charge >= 0.3 is 0 Å². The molecule has 0 saturated carbocycles. The van der Waals surface area contributed by atoms with Gasteiger partial charge in [-0.1, -0.05) is 24.3 Å². The summed E-state index contributed by atoms with van der Waals surface area (Å²) in [6.45, 7) is 2.95. The first-order valence-electron chi connectivity index (χ1n) is 6.30. The first kappa shape index (κ1) is 12.2. The monoisotopic (exact) mass is 271 g/mol. The van der Waals surface area contributed by atoms with Crippen molar-refractivity contribution >= 4 is 22.8 Å². The molecule has 1 aromatic carbocycles. The van der Waals surface area contributed by atoms with E-state index in [2.05, 4.69) is 33.6 Å². The summed E-state index contributed by atoms with van der Waals surface area (Å²) in [7, 11) is 0. The highest BCUT2D eigenvalue weighted by molar-refractivity contribution is 6.17. The van der Waals surface area contributed by atoms with Gasteiger partial charge in [-0.15, -0.1) is 11.6 Å². The summed E-state index contributed by atoms with van der Waals surface area (Å²) in [6.07, 6.45) is 1.80. The van der Waals surface area contributed by atoms with E-state index < -0.39 is 0 Å². The van der Waals surface area contributed by atoms with Crippen molar-refractivity contribution in [1.29, 1.82) is 0 Å². The van der Waals surface area contributed by atoms with Crippen molar-refractivity contribution in [3.05, 3.63) is 48.2 Å². The second kappa shape index (κ2) is 5.02. The van der Waals surface area contributed by atoms with Gasteiger partial charge in [0.25, 0.3) is 0 Å². The first-order valence-corrected chi connectivity index (χ1v) is 6.83. The summed E-state index contributed by atoms with van der Waals surface area (Å²) >= 11 is 5.82. The maximum absolute atomic E-state index is 5.82. The van der Waals surface area contributed by atoms with Gasteiger partial charge in [-0.2, -0.15) is 0 Å². The van der Waals surface area contributed by atoms with E-state index in [9.17, 15) is 0 Å². The van der Waals surface area contributed by atoms with Crippen LogP contribution >= 0.6 is 11.6 Å². The van der Waals surface area contributed by atoms with Crippen LogP contribution in [0.5, 0.6) is 0 Å². The lowest BCUT2D eigenvalue weighted by atomic mass is 10.1. The van der Waals surface area contributed by atoms with Crippen molar-refractivity contribution in [2.45, 2.75) is 19.3 Å². The van der Waals surface area contributed by atoms with Gasteiger partial charge < -0.3 is 4.57 Å². The van der Waals surface area contributed by atoms with Crippen molar-refractivity contribution in [3.8, 4) is 11.4 Å². The summed E-state index contributed by atoms with van der Waals surface area (Å²) in [5, 5.41) is 0. The molecular weight excluding hydrogens is 258 g/mol. The van der Waals surface area contributed by atoms with Gasteiger partial charge in [-0.25, -0.2) is 9.97 Å². The Labute approximate surface area is 116 Å². The Hall–Kier alpha value is -1.87. The molecule has 3 rings (SSSR count). The second-order valence-electron chi connectivity index (χ2n) is 4.36. The van der Waals surface area contributed by atoms with Crippen LogP contribution in [-0.4, -0.2) is 14.5 Å². The fourth-order valence-electron chi connectivity index (χ4n) is 2.22. The fourth-order valence-corrected chi connectivity index (χ4v) is 2.40. The fraction of sp³-hybridized carbons (Fsp3) is 0.200. The minimum absolute atomic E-state index is 0.534. The average Bonchev–Trinajstić information content (AvgIpc) is 2.85. The van der Waals surface area contributed by atoms with E-state index in [0.29, 0.717) is 5.88 Å². The third kappa shape index (κ3) is 2.10. The zero-order valence-corrected chi connectivity index (χ0v) is 11.4. The maximum Gasteiger partial charge on any atom is 0.160 e. The lowest BCUT2D eigenvalue weighted by Crippen LogP contribution is -1.98. The number of pyridine rings is 1. The number of alkyl halides is 1. The summed E-state index contributed by atoms with van der Waals surface area (Å²) in [5.74, 6) is 1.49. The van der Waals surface area contributed by atoms with E-state index in [1.54, 1.807) is 6.20 Å². The van der Waals surface area contributed by atoms with Gasteiger partial charge in [0.1, 0.15) is 11.3 Å². The highest BCUT2D eigenvalue weighted by atomic mass is 35.5. The van der Waals surface area contributed by atoms with Crippen LogP contribution in [0.15, 0.2) is 42.6 Å². The molecule has 3 nitrogen and oxygen atoms in total. The Bertz CT molecular complexity index is 701. The van der Waals surface area contributed by atoms with Gasteiger partial charge in [0.05, 0.1) is 0 Å². The number of aryl methyl sites for hydroxylation is 1. The number of benzene rings is 1. The molecular formula is C15H14ClN3. The van der Waals surface area contributed by atoms with Crippen molar-refractivity contribution in [2.75, 3.05) is 0 Å². The number of imidazole rings is 1. The average molecular weight is 272 g/mol. The van der Waals surface area contributed by atoms with Crippen molar-refractivity contribution < 1.29 is 0 Å². The van der Waals surface area contributed by atoms with Crippen LogP contribution in [-0.2, 0) is 12.4 Å². The van der Waals surface area contributed by atoms with Crippen LogP contribution in [0.4, 0.5) is 0 Å². The molecule has 3 aromatic rings. The van der Waals surface area contributed by atoms with E-state index >= 15 is 0 Å². The minimum Gasteiger partial charge on any atom is -0.309 e. The van der Waals surface area contributed by atoms with Gasteiger partial charge in [0.15, 0.2) is 5.65 Å². The predicted molar refractivity (Wildman–Crippen MR) is 78.2 cm³/mol. The zero-order chi connectivity index (χ0) is 13.2. The maximum atomic E-state index is 5.82. The topological polar surface area (TPSA) is 30.7 Å². The van der Waals surface area contributed by atoms with Crippen LogP contribution in [0, 0.1) is 0 Å².